The van der Waals surface area contributed by atoms with Crippen LogP contribution in [0.2, 0.25) is 5.02 Å². The zero-order valence-corrected chi connectivity index (χ0v) is 17.8. The van der Waals surface area contributed by atoms with Crippen molar-refractivity contribution in [1.82, 2.24) is 9.97 Å². The molecule has 0 atom stereocenters. The lowest BCUT2D eigenvalue weighted by molar-refractivity contribution is -0.384. The van der Waals surface area contributed by atoms with Crippen LogP contribution in [0.15, 0.2) is 60.9 Å². The molecular formula is C21H15ClN4O4S. The maximum atomic E-state index is 13.5. The number of hydrogen-bond acceptors (Lipinski definition) is 7. The minimum atomic E-state index is -0.567. The van der Waals surface area contributed by atoms with Crippen LogP contribution >= 0.6 is 22.9 Å². The summed E-state index contributed by atoms with van der Waals surface area (Å²) < 4.78 is 6.12. The first-order valence-electron chi connectivity index (χ1n) is 9.05. The fourth-order valence-corrected chi connectivity index (χ4v) is 4.12. The van der Waals surface area contributed by atoms with Crippen molar-refractivity contribution in [2.75, 3.05) is 12.0 Å². The van der Waals surface area contributed by atoms with Gasteiger partial charge in [0.05, 0.1) is 39.4 Å². The molecule has 2 heterocycles. The molecule has 0 aliphatic heterocycles. The number of non-ortho nitro benzene ring substituents is 1. The number of methoxy groups -OCH3 is 1. The zero-order chi connectivity index (χ0) is 22.0. The van der Waals surface area contributed by atoms with Gasteiger partial charge in [0.15, 0.2) is 5.13 Å². The van der Waals surface area contributed by atoms with E-state index in [-0.39, 0.29) is 22.8 Å². The predicted molar refractivity (Wildman–Crippen MR) is 119 cm³/mol. The normalized spacial score (nSPS) is 10.8. The van der Waals surface area contributed by atoms with Crippen molar-refractivity contribution in [1.29, 1.82) is 0 Å². The highest BCUT2D eigenvalue weighted by Gasteiger charge is 2.25. The fourth-order valence-electron chi connectivity index (χ4n) is 2.97. The highest BCUT2D eigenvalue weighted by atomic mass is 35.5. The molecule has 0 aliphatic carbocycles. The summed E-state index contributed by atoms with van der Waals surface area (Å²) in [6.45, 7) is 0.169. The smallest absolute Gasteiger partial charge is 0.270 e. The number of nitro benzene ring substituents is 1. The SMILES string of the molecule is COc1ccc2sc(N(Cc3cccnc3)C(=O)c3cc([N+](=O)[O-])ccc3Cl)nc2c1. The number of amides is 1. The van der Waals surface area contributed by atoms with Gasteiger partial charge in [-0.05, 0) is 29.8 Å². The monoisotopic (exact) mass is 454 g/mol. The van der Waals surface area contributed by atoms with E-state index >= 15 is 0 Å². The van der Waals surface area contributed by atoms with Gasteiger partial charge in [-0.2, -0.15) is 0 Å². The van der Waals surface area contributed by atoms with E-state index in [0.717, 1.165) is 10.3 Å². The van der Waals surface area contributed by atoms with Gasteiger partial charge in [0.1, 0.15) is 5.75 Å². The number of benzene rings is 2. The Balaban J connectivity index is 1.80. The molecule has 0 radical (unpaired) electrons. The number of anilines is 1. The first kappa shape index (κ1) is 20.7. The van der Waals surface area contributed by atoms with Crippen molar-refractivity contribution < 1.29 is 14.5 Å². The highest BCUT2D eigenvalue weighted by Crippen LogP contribution is 2.34. The molecule has 10 heteroatoms. The average Bonchev–Trinajstić information content (AvgIpc) is 3.20. The number of carbonyl (C=O) groups excluding carboxylic acids is 1. The molecule has 0 spiro atoms. The van der Waals surface area contributed by atoms with Gasteiger partial charge in [-0.1, -0.05) is 29.0 Å². The minimum absolute atomic E-state index is 0.0246. The van der Waals surface area contributed by atoms with Gasteiger partial charge in [0.25, 0.3) is 11.6 Å². The molecule has 31 heavy (non-hydrogen) atoms. The molecule has 2 aromatic carbocycles. The fraction of sp³-hybridized carbons (Fsp3) is 0.0952. The lowest BCUT2D eigenvalue weighted by Crippen LogP contribution is -2.30. The summed E-state index contributed by atoms with van der Waals surface area (Å²) in [5, 5.41) is 11.8. The number of halogens is 1. The van der Waals surface area contributed by atoms with Crippen molar-refractivity contribution in [3.8, 4) is 5.75 Å². The zero-order valence-electron chi connectivity index (χ0n) is 16.2. The van der Waals surface area contributed by atoms with E-state index in [1.54, 1.807) is 31.6 Å². The van der Waals surface area contributed by atoms with E-state index in [9.17, 15) is 14.9 Å². The summed E-state index contributed by atoms with van der Waals surface area (Å²) >= 11 is 7.56. The molecule has 0 N–H and O–H groups in total. The van der Waals surface area contributed by atoms with Crippen LogP contribution in [0.5, 0.6) is 5.75 Å². The van der Waals surface area contributed by atoms with Crippen molar-refractivity contribution in [3.05, 3.63) is 87.2 Å². The Morgan fingerprint density at radius 3 is 2.81 bits per heavy atom. The van der Waals surface area contributed by atoms with Crippen LogP contribution in [0.25, 0.3) is 10.2 Å². The Morgan fingerprint density at radius 1 is 1.26 bits per heavy atom. The number of thiazole rings is 1. The summed E-state index contributed by atoms with van der Waals surface area (Å²) in [4.78, 5) is 34.3. The topological polar surface area (TPSA) is 98.5 Å². The Kier molecular flexibility index (Phi) is 5.79. The Hall–Kier alpha value is -3.56. The third kappa shape index (κ3) is 4.32. The van der Waals surface area contributed by atoms with Crippen LogP contribution in [0.1, 0.15) is 15.9 Å². The van der Waals surface area contributed by atoms with E-state index < -0.39 is 10.8 Å². The predicted octanol–water partition coefficient (Wildman–Crippen LogP) is 5.11. The molecule has 0 saturated carbocycles. The van der Waals surface area contributed by atoms with Crippen LogP contribution in [-0.4, -0.2) is 27.9 Å². The second-order valence-electron chi connectivity index (χ2n) is 6.50. The van der Waals surface area contributed by atoms with E-state index in [1.165, 1.54) is 34.4 Å². The average molecular weight is 455 g/mol. The summed E-state index contributed by atoms with van der Waals surface area (Å²) in [6, 6.07) is 12.8. The Labute approximate surface area is 185 Å². The molecule has 0 bridgehead atoms. The summed E-state index contributed by atoms with van der Waals surface area (Å²) in [7, 11) is 1.57. The first-order valence-corrected chi connectivity index (χ1v) is 10.2. The molecule has 4 rings (SSSR count). The van der Waals surface area contributed by atoms with E-state index in [4.69, 9.17) is 16.3 Å². The second kappa shape index (κ2) is 8.66. The second-order valence-corrected chi connectivity index (χ2v) is 7.92. The standard InChI is InChI=1S/C21H15ClN4O4S/c1-30-15-5-7-19-18(10-15)24-21(31-19)25(12-13-3-2-8-23-11-13)20(27)16-9-14(26(28)29)4-6-17(16)22/h2-11H,12H2,1H3. The lowest BCUT2D eigenvalue weighted by Gasteiger charge is -2.20. The molecule has 8 nitrogen and oxygen atoms in total. The molecular weight excluding hydrogens is 440 g/mol. The number of ether oxygens (including phenoxy) is 1. The Bertz CT molecular complexity index is 1280. The van der Waals surface area contributed by atoms with Crippen LogP contribution in [0, 0.1) is 10.1 Å². The van der Waals surface area contributed by atoms with Gasteiger partial charge in [-0.3, -0.25) is 24.8 Å². The number of fused-ring (bicyclic) bond motifs is 1. The third-order valence-corrected chi connectivity index (χ3v) is 5.90. The molecule has 0 unspecified atom stereocenters. The molecule has 0 aliphatic rings. The third-order valence-electron chi connectivity index (χ3n) is 4.51. The van der Waals surface area contributed by atoms with Crippen molar-refractivity contribution in [2.24, 2.45) is 0 Å². The van der Waals surface area contributed by atoms with Gasteiger partial charge in [0, 0.05) is 30.6 Å². The van der Waals surface area contributed by atoms with Gasteiger partial charge in [0.2, 0.25) is 0 Å². The van der Waals surface area contributed by atoms with Crippen molar-refractivity contribution in [2.45, 2.75) is 6.54 Å². The van der Waals surface area contributed by atoms with Gasteiger partial charge < -0.3 is 4.74 Å². The van der Waals surface area contributed by atoms with E-state index in [0.29, 0.717) is 16.4 Å². The van der Waals surface area contributed by atoms with Gasteiger partial charge in [-0.15, -0.1) is 0 Å². The highest BCUT2D eigenvalue weighted by molar-refractivity contribution is 7.22. The first-order chi connectivity index (χ1) is 15.0. The maximum Gasteiger partial charge on any atom is 0.270 e. The van der Waals surface area contributed by atoms with E-state index in [1.807, 2.05) is 18.2 Å². The van der Waals surface area contributed by atoms with Crippen LogP contribution in [-0.2, 0) is 6.54 Å². The van der Waals surface area contributed by atoms with Crippen LogP contribution in [0.4, 0.5) is 10.8 Å². The number of carbonyl (C=O) groups is 1. The van der Waals surface area contributed by atoms with E-state index in [2.05, 4.69) is 9.97 Å². The maximum absolute atomic E-state index is 13.5. The van der Waals surface area contributed by atoms with Crippen molar-refractivity contribution >= 4 is 49.9 Å². The number of nitrogens with zero attached hydrogens (tertiary/aromatic N) is 4. The lowest BCUT2D eigenvalue weighted by atomic mass is 10.1. The number of pyridine rings is 1. The largest absolute Gasteiger partial charge is 0.497 e. The Morgan fingerprint density at radius 2 is 2.10 bits per heavy atom. The molecule has 2 aromatic heterocycles. The summed E-state index contributed by atoms with van der Waals surface area (Å²) in [5.41, 5.74) is 1.25. The molecule has 0 saturated heterocycles. The molecule has 0 fully saturated rings. The number of hydrogen-bond donors (Lipinski definition) is 0. The summed E-state index contributed by atoms with van der Waals surface area (Å²) in [5.74, 6) is 0.153. The minimum Gasteiger partial charge on any atom is -0.497 e. The summed E-state index contributed by atoms with van der Waals surface area (Å²) in [6.07, 6.45) is 3.28. The number of rotatable bonds is 6. The van der Waals surface area contributed by atoms with Gasteiger partial charge in [-0.25, -0.2) is 4.98 Å². The van der Waals surface area contributed by atoms with Gasteiger partial charge >= 0.3 is 0 Å². The number of aromatic nitrogens is 2. The molecule has 4 aromatic rings. The quantitative estimate of drug-likeness (QED) is 0.296. The van der Waals surface area contributed by atoms with Crippen molar-refractivity contribution in [3.63, 3.8) is 0 Å². The van der Waals surface area contributed by atoms with Crippen LogP contribution in [0.3, 0.4) is 0 Å². The molecule has 156 valence electrons. The van der Waals surface area contributed by atoms with Crippen LogP contribution < -0.4 is 9.64 Å². The molecule has 1 amide bonds. The number of nitro groups is 1.